The van der Waals surface area contributed by atoms with Gasteiger partial charge in [0.05, 0.1) is 14.2 Å². The smallest absolute Gasteiger partial charge is 0.161 e. The summed E-state index contributed by atoms with van der Waals surface area (Å²) < 4.78 is 10.8. The van der Waals surface area contributed by atoms with Crippen LogP contribution in [0.4, 0.5) is 0 Å². The van der Waals surface area contributed by atoms with Gasteiger partial charge in [0, 0.05) is 30.3 Å². The molecule has 1 aromatic carbocycles. The largest absolute Gasteiger partial charge is 0.493 e. The zero-order valence-electron chi connectivity index (χ0n) is 15.1. The normalized spacial score (nSPS) is 28.6. The highest BCUT2D eigenvalue weighted by Crippen LogP contribution is 2.49. The number of fused-ring (bicyclic) bond motifs is 3. The van der Waals surface area contributed by atoms with Crippen LogP contribution in [0.5, 0.6) is 11.5 Å². The minimum Gasteiger partial charge on any atom is -0.493 e. The Labute approximate surface area is 149 Å². The van der Waals surface area contributed by atoms with E-state index in [1.54, 1.807) is 14.2 Å². The van der Waals surface area contributed by atoms with Crippen LogP contribution in [0.1, 0.15) is 43.2 Å². The molecule has 3 atom stereocenters. The van der Waals surface area contributed by atoms with E-state index in [4.69, 9.17) is 9.47 Å². The minimum atomic E-state index is 0.252. The molecule has 0 amide bonds. The fourth-order valence-corrected chi connectivity index (χ4v) is 5.04. The van der Waals surface area contributed by atoms with Gasteiger partial charge < -0.3 is 14.8 Å². The lowest BCUT2D eigenvalue weighted by molar-refractivity contribution is -0.115. The van der Waals surface area contributed by atoms with Crippen molar-refractivity contribution in [3.05, 3.63) is 29.3 Å². The van der Waals surface area contributed by atoms with E-state index in [0.29, 0.717) is 18.1 Å². The lowest BCUT2D eigenvalue weighted by Gasteiger charge is -2.24. The number of carbonyl (C=O) groups is 1. The number of allylic oxidation sites excluding steroid dienone is 1. The number of carbonyl (C=O) groups excluding carboxylic acids is 1. The van der Waals surface area contributed by atoms with Crippen molar-refractivity contribution in [2.24, 2.45) is 17.8 Å². The van der Waals surface area contributed by atoms with Crippen LogP contribution in [0.3, 0.4) is 0 Å². The predicted octanol–water partition coefficient (Wildman–Crippen LogP) is 3.59. The maximum absolute atomic E-state index is 12.7. The summed E-state index contributed by atoms with van der Waals surface area (Å²) >= 11 is 0. The second-order valence-electron chi connectivity index (χ2n) is 7.70. The maximum Gasteiger partial charge on any atom is 0.161 e. The number of nitrogens with one attached hydrogen (secondary N) is 1. The average molecular weight is 341 g/mol. The summed E-state index contributed by atoms with van der Waals surface area (Å²) in [6, 6.07) is 4.01. The van der Waals surface area contributed by atoms with Crippen molar-refractivity contribution < 1.29 is 14.3 Å². The van der Waals surface area contributed by atoms with E-state index < -0.39 is 0 Å². The summed E-state index contributed by atoms with van der Waals surface area (Å²) in [5, 5.41) is 3.40. The summed E-state index contributed by atoms with van der Waals surface area (Å²) in [6.07, 6.45) is 8.77. The molecule has 0 radical (unpaired) electrons. The molecule has 134 valence electrons. The number of ether oxygens (including phenoxy) is 2. The topological polar surface area (TPSA) is 47.6 Å². The molecule has 0 aromatic heterocycles. The highest BCUT2D eigenvalue weighted by atomic mass is 16.5. The molecule has 2 aliphatic carbocycles. The van der Waals surface area contributed by atoms with Gasteiger partial charge in [0.1, 0.15) is 0 Å². The van der Waals surface area contributed by atoms with Crippen molar-refractivity contribution in [2.45, 2.75) is 38.5 Å². The van der Waals surface area contributed by atoms with Gasteiger partial charge in [-0.25, -0.2) is 0 Å². The highest BCUT2D eigenvalue weighted by molar-refractivity contribution is 5.97. The van der Waals surface area contributed by atoms with E-state index in [9.17, 15) is 4.79 Å². The van der Waals surface area contributed by atoms with Crippen LogP contribution >= 0.6 is 0 Å². The summed E-state index contributed by atoms with van der Waals surface area (Å²) in [6.45, 7) is 0.843. The molecule has 4 heteroatoms. The number of benzene rings is 1. The first-order valence-electron chi connectivity index (χ1n) is 9.41. The van der Waals surface area contributed by atoms with Crippen LogP contribution in [0.15, 0.2) is 18.2 Å². The van der Waals surface area contributed by atoms with Gasteiger partial charge in [0.25, 0.3) is 0 Å². The van der Waals surface area contributed by atoms with Crippen molar-refractivity contribution >= 4 is 11.5 Å². The summed E-state index contributed by atoms with van der Waals surface area (Å²) in [4.78, 5) is 12.7. The fraction of sp³-hybridized carbons (Fsp3) is 0.571. The first-order valence-corrected chi connectivity index (χ1v) is 9.41. The molecule has 3 aliphatic rings. The molecule has 2 fully saturated rings. The standard InChI is InChI=1S/C21H27NO3/c1-24-20-10-15-5-6-22-19(18(15)12-21(20)25-2)11-17(23)9-16-8-13-3-4-14(16)7-13/h10-14,16,22H,3-9H2,1-2H3/b19-11-/t13-,14+,16?/m0/s1. The Morgan fingerprint density at radius 2 is 2.00 bits per heavy atom. The molecule has 2 bridgehead atoms. The molecule has 1 aromatic rings. The van der Waals surface area contributed by atoms with E-state index in [0.717, 1.165) is 41.8 Å². The Morgan fingerprint density at radius 1 is 1.20 bits per heavy atom. The molecule has 1 unspecified atom stereocenters. The quantitative estimate of drug-likeness (QED) is 0.832. The third kappa shape index (κ3) is 3.14. The van der Waals surface area contributed by atoms with Gasteiger partial charge in [0.2, 0.25) is 0 Å². The van der Waals surface area contributed by atoms with Gasteiger partial charge in [0.15, 0.2) is 17.3 Å². The zero-order valence-corrected chi connectivity index (χ0v) is 15.1. The predicted molar refractivity (Wildman–Crippen MR) is 97.8 cm³/mol. The highest BCUT2D eigenvalue weighted by Gasteiger charge is 2.39. The molecule has 1 heterocycles. The molecule has 4 nitrogen and oxygen atoms in total. The van der Waals surface area contributed by atoms with Gasteiger partial charge in [-0.3, -0.25) is 4.79 Å². The Balaban J connectivity index is 1.55. The lowest BCUT2D eigenvalue weighted by Crippen LogP contribution is -2.24. The molecule has 4 rings (SSSR count). The van der Waals surface area contributed by atoms with Crippen LogP contribution < -0.4 is 14.8 Å². The van der Waals surface area contributed by atoms with Crippen molar-refractivity contribution in [1.82, 2.24) is 5.32 Å². The Morgan fingerprint density at radius 3 is 2.68 bits per heavy atom. The van der Waals surface area contributed by atoms with Crippen LogP contribution in [0.25, 0.3) is 5.70 Å². The molecule has 0 spiro atoms. The maximum atomic E-state index is 12.7. The van der Waals surface area contributed by atoms with E-state index >= 15 is 0 Å². The molecular formula is C21H27NO3. The first kappa shape index (κ1) is 16.5. The molecule has 0 saturated heterocycles. The zero-order chi connectivity index (χ0) is 17.4. The third-order valence-corrected chi connectivity index (χ3v) is 6.26. The molecule has 1 aliphatic heterocycles. The van der Waals surface area contributed by atoms with E-state index in [2.05, 4.69) is 5.32 Å². The van der Waals surface area contributed by atoms with Gasteiger partial charge in [-0.05, 0) is 61.1 Å². The van der Waals surface area contributed by atoms with Gasteiger partial charge in [-0.2, -0.15) is 0 Å². The van der Waals surface area contributed by atoms with E-state index in [-0.39, 0.29) is 5.78 Å². The Kier molecular flexibility index (Phi) is 4.45. The lowest BCUT2D eigenvalue weighted by atomic mass is 9.85. The summed E-state index contributed by atoms with van der Waals surface area (Å²) in [7, 11) is 3.30. The number of hydrogen-bond acceptors (Lipinski definition) is 4. The van der Waals surface area contributed by atoms with Crippen molar-refractivity contribution in [3.8, 4) is 11.5 Å². The number of hydrogen-bond donors (Lipinski definition) is 1. The van der Waals surface area contributed by atoms with Crippen LogP contribution in [0, 0.1) is 17.8 Å². The fourth-order valence-electron chi connectivity index (χ4n) is 5.04. The van der Waals surface area contributed by atoms with Gasteiger partial charge in [-0.1, -0.05) is 6.42 Å². The Bertz CT molecular complexity index is 709. The van der Waals surface area contributed by atoms with Crippen molar-refractivity contribution in [2.75, 3.05) is 20.8 Å². The van der Waals surface area contributed by atoms with Crippen LogP contribution in [-0.2, 0) is 11.2 Å². The number of rotatable bonds is 5. The van der Waals surface area contributed by atoms with E-state index in [1.165, 1.54) is 31.2 Å². The van der Waals surface area contributed by atoms with Crippen LogP contribution in [0.2, 0.25) is 0 Å². The second-order valence-corrected chi connectivity index (χ2v) is 7.70. The molecular weight excluding hydrogens is 314 g/mol. The average Bonchev–Trinajstić information content (AvgIpc) is 3.23. The summed E-state index contributed by atoms with van der Waals surface area (Å²) in [5.74, 6) is 4.00. The molecule has 1 N–H and O–H groups in total. The number of ketones is 1. The van der Waals surface area contributed by atoms with Crippen LogP contribution in [-0.4, -0.2) is 26.5 Å². The monoisotopic (exact) mass is 341 g/mol. The third-order valence-electron chi connectivity index (χ3n) is 6.26. The Hall–Kier alpha value is -1.97. The summed E-state index contributed by atoms with van der Waals surface area (Å²) in [5.41, 5.74) is 3.19. The van der Waals surface area contributed by atoms with E-state index in [1.807, 2.05) is 18.2 Å². The SMILES string of the molecule is COc1cc2c(cc1OC)/C(=C/C(=O)CC1C[C@H]3CC[C@@H]1C3)NCC2. The first-order chi connectivity index (χ1) is 12.2. The van der Waals surface area contributed by atoms with Gasteiger partial charge >= 0.3 is 0 Å². The molecule has 2 saturated carbocycles. The van der Waals surface area contributed by atoms with Gasteiger partial charge in [-0.15, -0.1) is 0 Å². The number of methoxy groups -OCH3 is 2. The minimum absolute atomic E-state index is 0.252. The van der Waals surface area contributed by atoms with Crippen molar-refractivity contribution in [3.63, 3.8) is 0 Å². The second kappa shape index (κ2) is 6.74. The van der Waals surface area contributed by atoms with Crippen molar-refractivity contribution in [1.29, 1.82) is 0 Å². The molecule has 25 heavy (non-hydrogen) atoms.